The van der Waals surface area contributed by atoms with Gasteiger partial charge in [-0.15, -0.1) is 11.6 Å². The lowest BCUT2D eigenvalue weighted by molar-refractivity contribution is 0.0861. The fraction of sp³-hybridized carbons (Fsp3) is 0.235. The number of hydrogen-bond donors (Lipinski definition) is 0. The van der Waals surface area contributed by atoms with Crippen LogP contribution in [0.4, 0.5) is 4.39 Å². The van der Waals surface area contributed by atoms with Gasteiger partial charge in [-0.05, 0) is 11.6 Å². The van der Waals surface area contributed by atoms with Gasteiger partial charge in [0.05, 0.1) is 0 Å². The van der Waals surface area contributed by atoms with E-state index < -0.39 is 11.2 Å². The summed E-state index contributed by atoms with van der Waals surface area (Å²) in [4.78, 5) is 12.2. The molecule has 0 aliphatic carbocycles. The van der Waals surface area contributed by atoms with Crippen molar-refractivity contribution in [2.45, 2.75) is 13.8 Å². The summed E-state index contributed by atoms with van der Waals surface area (Å²) in [5, 5.41) is 0. The van der Waals surface area contributed by atoms with E-state index in [2.05, 4.69) is 0 Å². The molecule has 0 unspecified atom stereocenters. The maximum absolute atomic E-state index is 14.2. The first-order valence-electron chi connectivity index (χ1n) is 6.41. The third-order valence-corrected chi connectivity index (χ3v) is 3.93. The molecule has 1 nitrogen and oxygen atoms in total. The Hall–Kier alpha value is -1.67. The molecule has 2 aromatic rings. The standard InChI is InChI=1S/C17H16ClFO/c1-17(2,11-18)16(20)13-8-9-14(15(19)10-13)12-6-4-3-5-7-12/h3-10H,11H2,1-2H3. The molecule has 0 aliphatic heterocycles. The molecule has 0 amide bonds. The summed E-state index contributed by atoms with van der Waals surface area (Å²) < 4.78 is 14.2. The van der Waals surface area contributed by atoms with Gasteiger partial charge in [-0.2, -0.15) is 0 Å². The van der Waals surface area contributed by atoms with Crippen molar-refractivity contribution in [3.05, 3.63) is 59.9 Å². The van der Waals surface area contributed by atoms with Crippen LogP contribution in [0.3, 0.4) is 0 Å². The van der Waals surface area contributed by atoms with Crippen LogP contribution < -0.4 is 0 Å². The summed E-state index contributed by atoms with van der Waals surface area (Å²) in [5.41, 5.74) is 0.946. The molecule has 3 heteroatoms. The predicted octanol–water partition coefficient (Wildman–Crippen LogP) is 4.94. The normalized spacial score (nSPS) is 11.4. The van der Waals surface area contributed by atoms with Gasteiger partial charge in [0.25, 0.3) is 0 Å². The average Bonchev–Trinajstić information content (AvgIpc) is 2.47. The van der Waals surface area contributed by atoms with Gasteiger partial charge in [-0.3, -0.25) is 4.79 Å². The van der Waals surface area contributed by atoms with E-state index in [0.29, 0.717) is 11.1 Å². The highest BCUT2D eigenvalue weighted by atomic mass is 35.5. The second-order valence-corrected chi connectivity index (χ2v) is 5.67. The van der Waals surface area contributed by atoms with E-state index in [9.17, 15) is 9.18 Å². The zero-order valence-electron chi connectivity index (χ0n) is 11.5. The Morgan fingerprint density at radius 1 is 1.15 bits per heavy atom. The van der Waals surface area contributed by atoms with Gasteiger partial charge in [-0.25, -0.2) is 4.39 Å². The fourth-order valence-electron chi connectivity index (χ4n) is 1.96. The van der Waals surface area contributed by atoms with Gasteiger partial charge >= 0.3 is 0 Å². The molecule has 0 aromatic heterocycles. The smallest absolute Gasteiger partial charge is 0.169 e. The molecule has 0 atom stereocenters. The second-order valence-electron chi connectivity index (χ2n) is 5.41. The van der Waals surface area contributed by atoms with Crippen molar-refractivity contribution in [3.63, 3.8) is 0 Å². The minimum Gasteiger partial charge on any atom is -0.294 e. The van der Waals surface area contributed by atoms with Crippen LogP contribution in [0.25, 0.3) is 11.1 Å². The highest BCUT2D eigenvalue weighted by Gasteiger charge is 2.28. The first-order chi connectivity index (χ1) is 9.45. The predicted molar refractivity (Wildman–Crippen MR) is 80.7 cm³/mol. The molecule has 0 saturated heterocycles. The zero-order valence-corrected chi connectivity index (χ0v) is 12.2. The van der Waals surface area contributed by atoms with Crippen molar-refractivity contribution in [1.29, 1.82) is 0 Å². The van der Waals surface area contributed by atoms with Crippen molar-refractivity contribution in [2.75, 3.05) is 5.88 Å². The Balaban J connectivity index is 2.39. The van der Waals surface area contributed by atoms with Gasteiger partial charge in [0.2, 0.25) is 0 Å². The number of alkyl halides is 1. The molecule has 0 aliphatic rings. The number of rotatable bonds is 4. The van der Waals surface area contributed by atoms with Crippen LogP contribution in [0.15, 0.2) is 48.5 Å². The molecule has 0 bridgehead atoms. The van der Waals surface area contributed by atoms with Crippen molar-refractivity contribution >= 4 is 17.4 Å². The molecule has 0 heterocycles. The summed E-state index contributed by atoms with van der Waals surface area (Å²) in [5.74, 6) is -0.341. The van der Waals surface area contributed by atoms with Gasteiger partial charge < -0.3 is 0 Å². The van der Waals surface area contributed by atoms with E-state index in [0.717, 1.165) is 5.56 Å². The summed E-state index contributed by atoms with van der Waals surface area (Å²) in [6.45, 7) is 3.51. The van der Waals surface area contributed by atoms with E-state index in [4.69, 9.17) is 11.6 Å². The van der Waals surface area contributed by atoms with Crippen molar-refractivity contribution in [3.8, 4) is 11.1 Å². The van der Waals surface area contributed by atoms with E-state index >= 15 is 0 Å². The number of halogens is 2. The molecule has 20 heavy (non-hydrogen) atoms. The number of benzene rings is 2. The van der Waals surface area contributed by atoms with Gasteiger partial charge in [0.1, 0.15) is 5.82 Å². The lowest BCUT2D eigenvalue weighted by Crippen LogP contribution is -2.26. The summed E-state index contributed by atoms with van der Waals surface area (Å²) in [6, 6.07) is 13.8. The van der Waals surface area contributed by atoms with Crippen LogP contribution in [0, 0.1) is 11.2 Å². The first-order valence-corrected chi connectivity index (χ1v) is 6.95. The van der Waals surface area contributed by atoms with Crippen LogP contribution in [0.1, 0.15) is 24.2 Å². The van der Waals surface area contributed by atoms with E-state index in [1.807, 2.05) is 30.3 Å². The van der Waals surface area contributed by atoms with Crippen molar-refractivity contribution in [2.24, 2.45) is 5.41 Å². The van der Waals surface area contributed by atoms with E-state index in [-0.39, 0.29) is 11.7 Å². The maximum Gasteiger partial charge on any atom is 0.169 e. The fourth-order valence-corrected chi connectivity index (χ4v) is 2.08. The minimum absolute atomic E-state index is 0.147. The van der Waals surface area contributed by atoms with Crippen LogP contribution >= 0.6 is 11.6 Å². The Bertz CT molecular complexity index is 620. The lowest BCUT2D eigenvalue weighted by Gasteiger charge is -2.19. The molecule has 0 radical (unpaired) electrons. The monoisotopic (exact) mass is 290 g/mol. The lowest BCUT2D eigenvalue weighted by atomic mass is 9.85. The van der Waals surface area contributed by atoms with Crippen LogP contribution in [-0.2, 0) is 0 Å². The highest BCUT2D eigenvalue weighted by molar-refractivity contribution is 6.21. The third-order valence-electron chi connectivity index (χ3n) is 3.26. The summed E-state index contributed by atoms with van der Waals surface area (Å²) in [6.07, 6.45) is 0. The Kier molecular flexibility index (Phi) is 4.24. The largest absolute Gasteiger partial charge is 0.294 e. The average molecular weight is 291 g/mol. The highest BCUT2D eigenvalue weighted by Crippen LogP contribution is 2.27. The number of Topliss-reactive ketones (excluding diaryl/α,β-unsaturated/α-hetero) is 1. The first kappa shape index (κ1) is 14.7. The summed E-state index contributed by atoms with van der Waals surface area (Å²) in [7, 11) is 0. The quantitative estimate of drug-likeness (QED) is 0.576. The molecular weight excluding hydrogens is 275 g/mol. The number of ketones is 1. The maximum atomic E-state index is 14.2. The third kappa shape index (κ3) is 2.91. The van der Waals surface area contributed by atoms with E-state index in [1.54, 1.807) is 26.0 Å². The number of carbonyl (C=O) groups excluding carboxylic acids is 1. The molecule has 2 aromatic carbocycles. The molecule has 2 rings (SSSR count). The molecule has 0 N–H and O–H groups in total. The van der Waals surface area contributed by atoms with E-state index in [1.165, 1.54) is 6.07 Å². The topological polar surface area (TPSA) is 17.1 Å². The SMILES string of the molecule is CC(C)(CCl)C(=O)c1ccc(-c2ccccc2)c(F)c1. The molecule has 104 valence electrons. The Labute approximate surface area is 123 Å². The van der Waals surface area contributed by atoms with Crippen LogP contribution in [-0.4, -0.2) is 11.7 Å². The van der Waals surface area contributed by atoms with Gasteiger partial charge in [0, 0.05) is 22.4 Å². The zero-order chi connectivity index (χ0) is 14.8. The number of hydrogen-bond acceptors (Lipinski definition) is 1. The molecule has 0 saturated carbocycles. The van der Waals surface area contributed by atoms with Crippen molar-refractivity contribution in [1.82, 2.24) is 0 Å². The molecular formula is C17H16ClFO. The minimum atomic E-state index is -0.692. The number of carbonyl (C=O) groups is 1. The summed E-state index contributed by atoms with van der Waals surface area (Å²) >= 11 is 5.79. The Morgan fingerprint density at radius 3 is 2.35 bits per heavy atom. The Morgan fingerprint density at radius 2 is 1.80 bits per heavy atom. The van der Waals surface area contributed by atoms with Crippen molar-refractivity contribution < 1.29 is 9.18 Å². The molecule has 0 fully saturated rings. The van der Waals surface area contributed by atoms with Gasteiger partial charge in [-0.1, -0.05) is 56.3 Å². The van der Waals surface area contributed by atoms with Gasteiger partial charge in [0.15, 0.2) is 5.78 Å². The second kappa shape index (κ2) is 5.76. The van der Waals surface area contributed by atoms with Crippen LogP contribution in [0.5, 0.6) is 0 Å². The van der Waals surface area contributed by atoms with Crippen LogP contribution in [0.2, 0.25) is 0 Å². The molecule has 0 spiro atoms.